The number of nitrogens with one attached hydrogen (secondary N) is 1. The molecule has 1 N–H and O–H groups in total. The maximum atomic E-state index is 11.8. The van der Waals surface area contributed by atoms with Gasteiger partial charge in [0.25, 0.3) is 11.9 Å². The minimum atomic E-state index is -0.265. The van der Waals surface area contributed by atoms with Crippen molar-refractivity contribution in [1.29, 1.82) is 0 Å². The van der Waals surface area contributed by atoms with Crippen molar-refractivity contribution in [3.63, 3.8) is 0 Å². The van der Waals surface area contributed by atoms with Crippen molar-refractivity contribution >= 4 is 27.8 Å². The van der Waals surface area contributed by atoms with E-state index in [0.29, 0.717) is 5.56 Å². The number of hydrogen-bond acceptors (Lipinski definition) is 4. The molecule has 0 aliphatic heterocycles. The van der Waals surface area contributed by atoms with Crippen LogP contribution in [0.5, 0.6) is 0 Å². The van der Waals surface area contributed by atoms with E-state index in [1.807, 2.05) is 13.0 Å². The van der Waals surface area contributed by atoms with Crippen molar-refractivity contribution < 1.29 is 4.79 Å². The molecule has 2 rings (SSSR count). The van der Waals surface area contributed by atoms with Crippen molar-refractivity contribution in [3.05, 3.63) is 33.8 Å². The molecule has 7 heteroatoms. The third-order valence-corrected chi connectivity index (χ3v) is 3.02. The Hall–Kier alpha value is -1.76. The topological polar surface area (TPSA) is 72.7 Å². The standard InChI is InChI=1S/C10H10BrN5O/c1-6-3-4-7(5-8(6)11)9(17)12-10-13-15-16(2)14-10/h3-5H,1-2H3,(H,12,14,17). The molecule has 1 amide bonds. The maximum Gasteiger partial charge on any atom is 0.270 e. The molecule has 0 aliphatic carbocycles. The highest BCUT2D eigenvalue weighted by molar-refractivity contribution is 9.10. The fourth-order valence-electron chi connectivity index (χ4n) is 1.24. The first-order valence-electron chi connectivity index (χ1n) is 4.88. The first-order valence-corrected chi connectivity index (χ1v) is 5.67. The number of carbonyl (C=O) groups is 1. The lowest BCUT2D eigenvalue weighted by atomic mass is 10.1. The van der Waals surface area contributed by atoms with Crippen molar-refractivity contribution in [2.45, 2.75) is 6.92 Å². The Morgan fingerprint density at radius 3 is 2.82 bits per heavy atom. The average molecular weight is 296 g/mol. The number of amides is 1. The molecule has 88 valence electrons. The van der Waals surface area contributed by atoms with Gasteiger partial charge in [0, 0.05) is 10.0 Å². The summed E-state index contributed by atoms with van der Waals surface area (Å²) in [6.07, 6.45) is 0. The van der Waals surface area contributed by atoms with Gasteiger partial charge in [-0.2, -0.15) is 4.80 Å². The van der Waals surface area contributed by atoms with E-state index < -0.39 is 0 Å². The zero-order chi connectivity index (χ0) is 12.4. The summed E-state index contributed by atoms with van der Waals surface area (Å²) < 4.78 is 0.886. The van der Waals surface area contributed by atoms with Crippen molar-refractivity contribution in [3.8, 4) is 0 Å². The second-order valence-corrected chi connectivity index (χ2v) is 4.37. The van der Waals surface area contributed by atoms with Crippen LogP contribution in [0.25, 0.3) is 0 Å². The highest BCUT2D eigenvalue weighted by atomic mass is 79.9. The number of rotatable bonds is 2. The normalized spacial score (nSPS) is 10.3. The zero-order valence-corrected chi connectivity index (χ0v) is 10.9. The molecular weight excluding hydrogens is 286 g/mol. The molecule has 0 fully saturated rings. The van der Waals surface area contributed by atoms with Crippen LogP contribution in [-0.4, -0.2) is 26.1 Å². The third kappa shape index (κ3) is 2.68. The van der Waals surface area contributed by atoms with Gasteiger partial charge >= 0.3 is 0 Å². The largest absolute Gasteiger partial charge is 0.288 e. The smallest absolute Gasteiger partial charge is 0.270 e. The molecule has 1 aromatic carbocycles. The van der Waals surface area contributed by atoms with Gasteiger partial charge in [0.05, 0.1) is 7.05 Å². The second kappa shape index (κ2) is 4.62. The highest BCUT2D eigenvalue weighted by Gasteiger charge is 2.10. The van der Waals surface area contributed by atoms with E-state index in [2.05, 4.69) is 36.7 Å². The van der Waals surface area contributed by atoms with Gasteiger partial charge < -0.3 is 0 Å². The van der Waals surface area contributed by atoms with Crippen LogP contribution in [-0.2, 0) is 7.05 Å². The Bertz CT molecular complexity index is 566. The van der Waals surface area contributed by atoms with Crippen molar-refractivity contribution in [2.24, 2.45) is 7.05 Å². The Kier molecular flexibility index (Phi) is 3.19. The quantitative estimate of drug-likeness (QED) is 0.912. The van der Waals surface area contributed by atoms with Crippen LogP contribution in [0.2, 0.25) is 0 Å². The number of anilines is 1. The predicted molar refractivity (Wildman–Crippen MR) is 65.6 cm³/mol. The van der Waals surface area contributed by atoms with E-state index in [4.69, 9.17) is 0 Å². The number of aromatic nitrogens is 4. The molecule has 0 spiro atoms. The van der Waals surface area contributed by atoms with Crippen LogP contribution in [0.1, 0.15) is 15.9 Å². The molecule has 0 unspecified atom stereocenters. The molecule has 0 saturated heterocycles. The van der Waals surface area contributed by atoms with Crippen LogP contribution in [0.15, 0.2) is 22.7 Å². The fraction of sp³-hybridized carbons (Fsp3) is 0.200. The van der Waals surface area contributed by atoms with Crippen LogP contribution < -0.4 is 5.32 Å². The molecule has 0 atom stereocenters. The summed E-state index contributed by atoms with van der Waals surface area (Å²) in [5, 5.41) is 13.7. The second-order valence-electron chi connectivity index (χ2n) is 3.52. The zero-order valence-electron chi connectivity index (χ0n) is 9.31. The summed E-state index contributed by atoms with van der Waals surface area (Å²) in [5.74, 6) is -0.0760. The third-order valence-electron chi connectivity index (χ3n) is 2.17. The highest BCUT2D eigenvalue weighted by Crippen LogP contribution is 2.17. The van der Waals surface area contributed by atoms with Gasteiger partial charge in [-0.3, -0.25) is 10.1 Å². The van der Waals surface area contributed by atoms with Gasteiger partial charge in [-0.05, 0) is 29.8 Å². The lowest BCUT2D eigenvalue weighted by Crippen LogP contribution is -2.13. The van der Waals surface area contributed by atoms with E-state index in [-0.39, 0.29) is 11.9 Å². The number of tetrazole rings is 1. The molecular formula is C10H10BrN5O. The predicted octanol–water partition coefficient (Wildman–Crippen LogP) is 1.53. The van der Waals surface area contributed by atoms with Gasteiger partial charge in [0.15, 0.2) is 0 Å². The molecule has 0 bridgehead atoms. The lowest BCUT2D eigenvalue weighted by molar-refractivity contribution is 0.102. The van der Waals surface area contributed by atoms with E-state index in [1.165, 1.54) is 4.80 Å². The molecule has 1 aromatic heterocycles. The molecule has 0 radical (unpaired) electrons. The Morgan fingerprint density at radius 2 is 2.24 bits per heavy atom. The van der Waals surface area contributed by atoms with Crippen LogP contribution in [0.4, 0.5) is 5.95 Å². The SMILES string of the molecule is Cc1ccc(C(=O)Nc2nnn(C)n2)cc1Br. The molecule has 0 aliphatic rings. The minimum absolute atomic E-state index is 0.189. The number of halogens is 1. The monoisotopic (exact) mass is 295 g/mol. The Balaban J connectivity index is 2.17. The number of hydrogen-bond donors (Lipinski definition) is 1. The van der Waals surface area contributed by atoms with E-state index in [9.17, 15) is 4.79 Å². The van der Waals surface area contributed by atoms with Gasteiger partial charge in [0.2, 0.25) is 0 Å². The summed E-state index contributed by atoms with van der Waals surface area (Å²) in [6, 6.07) is 5.36. The first-order chi connectivity index (χ1) is 8.06. The molecule has 1 heterocycles. The van der Waals surface area contributed by atoms with Crippen LogP contribution in [0.3, 0.4) is 0 Å². The maximum absolute atomic E-state index is 11.8. The van der Waals surface area contributed by atoms with Gasteiger partial charge in [0.1, 0.15) is 0 Å². The number of aryl methyl sites for hydroxylation is 2. The van der Waals surface area contributed by atoms with Gasteiger partial charge in [-0.1, -0.05) is 27.1 Å². The summed E-state index contributed by atoms with van der Waals surface area (Å²) in [6.45, 7) is 1.95. The van der Waals surface area contributed by atoms with E-state index in [0.717, 1.165) is 10.0 Å². The Labute approximate surface area is 106 Å². The molecule has 2 aromatic rings. The summed E-state index contributed by atoms with van der Waals surface area (Å²) in [5.41, 5.74) is 1.61. The molecule has 6 nitrogen and oxygen atoms in total. The Morgan fingerprint density at radius 1 is 1.47 bits per heavy atom. The van der Waals surface area contributed by atoms with Gasteiger partial charge in [-0.25, -0.2) is 0 Å². The summed E-state index contributed by atoms with van der Waals surface area (Å²) >= 11 is 3.38. The van der Waals surface area contributed by atoms with Crippen molar-refractivity contribution in [1.82, 2.24) is 20.2 Å². The fourth-order valence-corrected chi connectivity index (χ4v) is 1.62. The first kappa shape index (κ1) is 11.7. The number of carbonyl (C=O) groups excluding carboxylic acids is 1. The minimum Gasteiger partial charge on any atom is -0.288 e. The van der Waals surface area contributed by atoms with Crippen molar-refractivity contribution in [2.75, 3.05) is 5.32 Å². The molecule has 17 heavy (non-hydrogen) atoms. The lowest BCUT2D eigenvalue weighted by Gasteiger charge is -2.03. The summed E-state index contributed by atoms with van der Waals surface area (Å²) in [7, 11) is 1.63. The van der Waals surface area contributed by atoms with E-state index >= 15 is 0 Å². The van der Waals surface area contributed by atoms with Gasteiger partial charge in [-0.15, -0.1) is 5.10 Å². The average Bonchev–Trinajstić information content (AvgIpc) is 2.68. The molecule has 0 saturated carbocycles. The van der Waals surface area contributed by atoms with E-state index in [1.54, 1.807) is 19.2 Å². The van der Waals surface area contributed by atoms with Crippen LogP contribution in [0, 0.1) is 6.92 Å². The number of nitrogens with zero attached hydrogens (tertiary/aromatic N) is 4. The summed E-state index contributed by atoms with van der Waals surface area (Å²) in [4.78, 5) is 13.1. The number of benzene rings is 1. The van der Waals surface area contributed by atoms with Crippen LogP contribution >= 0.6 is 15.9 Å².